The first-order valence-corrected chi connectivity index (χ1v) is 7.20. The zero-order valence-corrected chi connectivity index (χ0v) is 12.1. The lowest BCUT2D eigenvalue weighted by molar-refractivity contribution is 0.00554. The quantitative estimate of drug-likeness (QED) is 0.472. The molecular weight excluding hydrogens is 281 g/mol. The van der Waals surface area contributed by atoms with Crippen molar-refractivity contribution >= 4 is 12.6 Å². The molecule has 2 aromatic carbocycles. The summed E-state index contributed by atoms with van der Waals surface area (Å²) >= 11 is 0. The smallest absolute Gasteiger partial charge is 0.468 e. The molecule has 0 fully saturated rings. The molecule has 0 saturated heterocycles. The Balaban J connectivity index is 1.61. The number of hydrogen-bond acceptors (Lipinski definition) is 5. The van der Waals surface area contributed by atoms with Crippen molar-refractivity contribution in [3.8, 4) is 5.75 Å². The van der Waals surface area contributed by atoms with Gasteiger partial charge in [0.05, 0.1) is 12.7 Å². The fourth-order valence-corrected chi connectivity index (χ4v) is 2.55. The molecule has 1 aliphatic rings. The van der Waals surface area contributed by atoms with Crippen LogP contribution in [0.5, 0.6) is 5.75 Å². The molecule has 3 N–H and O–H groups in total. The summed E-state index contributed by atoms with van der Waals surface area (Å²) in [6.07, 6.45) is -0.293. The number of nitrogens with two attached hydrogens (primary N) is 1. The molecule has 22 heavy (non-hydrogen) atoms. The molecule has 1 heterocycles. The van der Waals surface area contributed by atoms with Gasteiger partial charge < -0.3 is 24.9 Å². The third-order valence-corrected chi connectivity index (χ3v) is 3.61. The van der Waals surface area contributed by atoms with E-state index >= 15 is 0 Å². The summed E-state index contributed by atoms with van der Waals surface area (Å²) in [7, 11) is -1.01. The molecule has 0 spiro atoms. The standard InChI is InChI=1S/C16H18BNO4/c18-9-15-13-7-4-8-14(16(13)17(19)22-15)21-11-20-10-12-5-2-1-3-6-12/h1-8,15,19H,9-11,18H2. The fourth-order valence-electron chi connectivity index (χ4n) is 2.55. The van der Waals surface area contributed by atoms with Gasteiger partial charge in [-0.3, -0.25) is 0 Å². The van der Waals surface area contributed by atoms with Gasteiger partial charge in [0.25, 0.3) is 0 Å². The van der Waals surface area contributed by atoms with Crippen LogP contribution >= 0.6 is 0 Å². The summed E-state index contributed by atoms with van der Waals surface area (Å²) in [6, 6.07) is 15.4. The SMILES string of the molecule is NCC1OB(O)c2c(OCOCc3ccccc3)cccc21. The lowest BCUT2D eigenvalue weighted by atomic mass is 9.78. The maximum atomic E-state index is 10.00. The van der Waals surface area contributed by atoms with Crippen LogP contribution in [0.4, 0.5) is 0 Å². The number of hydrogen-bond donors (Lipinski definition) is 2. The van der Waals surface area contributed by atoms with Crippen molar-refractivity contribution in [1.82, 2.24) is 0 Å². The van der Waals surface area contributed by atoms with Crippen LogP contribution in [0.1, 0.15) is 17.2 Å². The molecule has 1 aliphatic heterocycles. The highest BCUT2D eigenvalue weighted by Gasteiger charge is 2.37. The molecule has 5 nitrogen and oxygen atoms in total. The van der Waals surface area contributed by atoms with Crippen molar-refractivity contribution in [2.45, 2.75) is 12.7 Å². The van der Waals surface area contributed by atoms with Crippen LogP contribution in [0.25, 0.3) is 0 Å². The molecule has 0 amide bonds. The van der Waals surface area contributed by atoms with Gasteiger partial charge in [0.2, 0.25) is 0 Å². The summed E-state index contributed by atoms with van der Waals surface area (Å²) in [5.74, 6) is 0.564. The van der Waals surface area contributed by atoms with Crippen molar-refractivity contribution in [1.29, 1.82) is 0 Å². The van der Waals surface area contributed by atoms with Gasteiger partial charge in [0, 0.05) is 12.0 Å². The van der Waals surface area contributed by atoms with Crippen molar-refractivity contribution in [3.63, 3.8) is 0 Å². The first kappa shape index (κ1) is 15.1. The molecule has 0 radical (unpaired) electrons. The zero-order valence-electron chi connectivity index (χ0n) is 12.1. The second kappa shape index (κ2) is 6.94. The monoisotopic (exact) mass is 299 g/mol. The second-order valence-electron chi connectivity index (χ2n) is 5.07. The van der Waals surface area contributed by atoms with Crippen LogP contribution in [-0.4, -0.2) is 25.5 Å². The van der Waals surface area contributed by atoms with Gasteiger partial charge in [-0.2, -0.15) is 0 Å². The number of rotatable bonds is 6. The Hall–Kier alpha value is -1.86. The molecule has 6 heteroatoms. The Morgan fingerprint density at radius 2 is 1.95 bits per heavy atom. The molecule has 0 aromatic heterocycles. The van der Waals surface area contributed by atoms with Crippen LogP contribution in [0.3, 0.4) is 0 Å². The Bertz CT molecular complexity index is 623. The van der Waals surface area contributed by atoms with E-state index in [1.54, 1.807) is 6.07 Å². The fraction of sp³-hybridized carbons (Fsp3) is 0.250. The zero-order chi connectivity index (χ0) is 15.4. The highest BCUT2D eigenvalue weighted by molar-refractivity contribution is 6.62. The van der Waals surface area contributed by atoms with Crippen molar-refractivity contribution < 1.29 is 19.2 Å². The van der Waals surface area contributed by atoms with E-state index in [1.165, 1.54) is 0 Å². The highest BCUT2D eigenvalue weighted by atomic mass is 16.7. The molecule has 0 bridgehead atoms. The second-order valence-corrected chi connectivity index (χ2v) is 5.07. The minimum atomic E-state index is -1.01. The molecule has 2 aromatic rings. The Morgan fingerprint density at radius 1 is 1.14 bits per heavy atom. The van der Waals surface area contributed by atoms with E-state index in [9.17, 15) is 5.02 Å². The van der Waals surface area contributed by atoms with Crippen molar-refractivity contribution in [2.75, 3.05) is 13.3 Å². The van der Waals surface area contributed by atoms with E-state index in [1.807, 2.05) is 42.5 Å². The van der Waals surface area contributed by atoms with E-state index < -0.39 is 7.12 Å². The molecule has 1 unspecified atom stereocenters. The van der Waals surface area contributed by atoms with Crippen LogP contribution < -0.4 is 15.9 Å². The average molecular weight is 299 g/mol. The predicted molar refractivity (Wildman–Crippen MR) is 83.7 cm³/mol. The summed E-state index contributed by atoms with van der Waals surface area (Å²) in [6.45, 7) is 0.893. The largest absolute Gasteiger partial charge is 0.495 e. The Kier molecular flexibility index (Phi) is 4.75. The molecule has 0 saturated carbocycles. The van der Waals surface area contributed by atoms with Gasteiger partial charge in [-0.1, -0.05) is 42.5 Å². The number of fused-ring (bicyclic) bond motifs is 1. The third kappa shape index (κ3) is 3.15. The first-order chi connectivity index (χ1) is 10.8. The minimum Gasteiger partial charge on any atom is -0.468 e. The average Bonchev–Trinajstić information content (AvgIpc) is 2.90. The van der Waals surface area contributed by atoms with Crippen LogP contribution in [0.2, 0.25) is 0 Å². The summed E-state index contributed by atoms with van der Waals surface area (Å²) in [5.41, 5.74) is 8.24. The lowest BCUT2D eigenvalue weighted by Gasteiger charge is -2.12. The molecule has 0 aliphatic carbocycles. The third-order valence-electron chi connectivity index (χ3n) is 3.61. The van der Waals surface area contributed by atoms with E-state index in [0.717, 1.165) is 11.1 Å². The molecule has 1 atom stereocenters. The summed E-state index contributed by atoms with van der Waals surface area (Å²) in [5, 5.41) is 10.00. The Labute approximate surface area is 129 Å². The van der Waals surface area contributed by atoms with Gasteiger partial charge in [-0.15, -0.1) is 0 Å². The van der Waals surface area contributed by atoms with Crippen molar-refractivity contribution in [2.24, 2.45) is 5.73 Å². The van der Waals surface area contributed by atoms with Gasteiger partial charge in [-0.05, 0) is 17.2 Å². The maximum absolute atomic E-state index is 10.00. The highest BCUT2D eigenvalue weighted by Crippen LogP contribution is 2.26. The van der Waals surface area contributed by atoms with Gasteiger partial charge in [0.15, 0.2) is 6.79 Å². The summed E-state index contributed by atoms with van der Waals surface area (Å²) in [4.78, 5) is 0. The molecule has 3 rings (SSSR count). The van der Waals surface area contributed by atoms with Crippen molar-refractivity contribution in [3.05, 3.63) is 59.7 Å². The number of benzene rings is 2. The maximum Gasteiger partial charge on any atom is 0.495 e. The molecule has 114 valence electrons. The van der Waals surface area contributed by atoms with E-state index in [4.69, 9.17) is 19.9 Å². The van der Waals surface area contributed by atoms with Gasteiger partial charge in [0.1, 0.15) is 5.75 Å². The van der Waals surface area contributed by atoms with Crippen LogP contribution in [-0.2, 0) is 16.0 Å². The van der Waals surface area contributed by atoms with E-state index in [-0.39, 0.29) is 12.9 Å². The molecular formula is C16H18BNO4. The lowest BCUT2D eigenvalue weighted by Crippen LogP contribution is -2.30. The van der Waals surface area contributed by atoms with Crippen LogP contribution in [0, 0.1) is 0 Å². The Morgan fingerprint density at radius 3 is 2.73 bits per heavy atom. The van der Waals surface area contributed by atoms with Gasteiger partial charge in [-0.25, -0.2) is 0 Å². The van der Waals surface area contributed by atoms with E-state index in [0.29, 0.717) is 24.4 Å². The first-order valence-electron chi connectivity index (χ1n) is 7.20. The summed E-state index contributed by atoms with van der Waals surface area (Å²) < 4.78 is 16.5. The topological polar surface area (TPSA) is 73.9 Å². The number of ether oxygens (including phenoxy) is 2. The normalized spacial score (nSPS) is 16.6. The van der Waals surface area contributed by atoms with E-state index in [2.05, 4.69) is 0 Å². The van der Waals surface area contributed by atoms with Gasteiger partial charge >= 0.3 is 7.12 Å². The minimum absolute atomic E-state index is 0.103. The predicted octanol–water partition coefficient (Wildman–Crippen LogP) is 0.957. The van der Waals surface area contributed by atoms with Crippen LogP contribution in [0.15, 0.2) is 48.5 Å².